The van der Waals surface area contributed by atoms with E-state index in [2.05, 4.69) is 0 Å². The predicted octanol–water partition coefficient (Wildman–Crippen LogP) is 3.03. The Labute approximate surface area is 119 Å². The molecule has 0 bridgehead atoms. The molecule has 0 aliphatic heterocycles. The average Bonchev–Trinajstić information content (AvgIpc) is 2.34. The van der Waals surface area contributed by atoms with E-state index < -0.39 is 0 Å². The van der Waals surface area contributed by atoms with Crippen molar-refractivity contribution < 1.29 is 9.90 Å². The third kappa shape index (κ3) is 3.28. The minimum atomic E-state index is 0.0536. The summed E-state index contributed by atoms with van der Waals surface area (Å²) in [7, 11) is 0. The lowest BCUT2D eigenvalue weighted by Gasteiger charge is -2.37. The lowest BCUT2D eigenvalue weighted by molar-refractivity contribution is 0.0562. The molecule has 0 spiro atoms. The SMILES string of the molecule is Cc1cc(C(=O)N(CCCO)C2CCC2)ccc1Cl. The molecule has 1 saturated carbocycles. The molecule has 1 fully saturated rings. The Morgan fingerprint density at radius 3 is 2.74 bits per heavy atom. The summed E-state index contributed by atoms with van der Waals surface area (Å²) in [4.78, 5) is 14.5. The molecule has 1 aliphatic carbocycles. The second-order valence-electron chi connectivity index (χ2n) is 5.12. The number of amides is 1. The van der Waals surface area contributed by atoms with E-state index >= 15 is 0 Å². The van der Waals surface area contributed by atoms with E-state index in [4.69, 9.17) is 16.7 Å². The summed E-state index contributed by atoms with van der Waals surface area (Å²) in [6.07, 6.45) is 3.97. The van der Waals surface area contributed by atoms with Gasteiger partial charge in [0.15, 0.2) is 0 Å². The number of carbonyl (C=O) groups is 1. The van der Waals surface area contributed by atoms with Gasteiger partial charge in [0.05, 0.1) is 0 Å². The van der Waals surface area contributed by atoms with Crippen LogP contribution in [0.15, 0.2) is 18.2 Å². The van der Waals surface area contributed by atoms with Crippen molar-refractivity contribution in [1.29, 1.82) is 0 Å². The first-order valence-corrected chi connectivity index (χ1v) is 7.19. The number of rotatable bonds is 5. The highest BCUT2D eigenvalue weighted by atomic mass is 35.5. The first-order valence-electron chi connectivity index (χ1n) is 6.81. The molecule has 1 aromatic carbocycles. The van der Waals surface area contributed by atoms with E-state index in [9.17, 15) is 4.79 Å². The van der Waals surface area contributed by atoms with Crippen molar-refractivity contribution in [2.24, 2.45) is 0 Å². The second-order valence-corrected chi connectivity index (χ2v) is 5.53. The van der Waals surface area contributed by atoms with Crippen LogP contribution in [0.5, 0.6) is 0 Å². The monoisotopic (exact) mass is 281 g/mol. The largest absolute Gasteiger partial charge is 0.396 e. The third-order valence-corrected chi connectivity index (χ3v) is 4.16. The normalized spacial score (nSPS) is 15.1. The summed E-state index contributed by atoms with van der Waals surface area (Å²) < 4.78 is 0. The van der Waals surface area contributed by atoms with E-state index in [-0.39, 0.29) is 12.5 Å². The second kappa shape index (κ2) is 6.40. The number of aliphatic hydroxyl groups is 1. The summed E-state index contributed by atoms with van der Waals surface area (Å²) in [6.45, 7) is 2.65. The quantitative estimate of drug-likeness (QED) is 0.901. The van der Waals surface area contributed by atoms with Crippen molar-refractivity contribution in [2.75, 3.05) is 13.2 Å². The van der Waals surface area contributed by atoms with Crippen molar-refractivity contribution in [3.63, 3.8) is 0 Å². The molecule has 2 rings (SSSR count). The van der Waals surface area contributed by atoms with Crippen LogP contribution in [-0.4, -0.2) is 35.1 Å². The zero-order valence-electron chi connectivity index (χ0n) is 11.2. The number of aliphatic hydroxyl groups excluding tert-OH is 1. The molecule has 104 valence electrons. The maximum absolute atomic E-state index is 12.5. The summed E-state index contributed by atoms with van der Waals surface area (Å²) in [5.74, 6) is 0.0536. The Bertz CT molecular complexity index is 457. The minimum absolute atomic E-state index is 0.0536. The zero-order valence-corrected chi connectivity index (χ0v) is 12.0. The fourth-order valence-electron chi connectivity index (χ4n) is 2.33. The molecular formula is C15H20ClNO2. The van der Waals surface area contributed by atoms with Crippen LogP contribution in [0.25, 0.3) is 0 Å². The van der Waals surface area contributed by atoms with Gasteiger partial charge in [-0.25, -0.2) is 0 Å². The summed E-state index contributed by atoms with van der Waals surface area (Å²) in [6, 6.07) is 5.74. The number of aryl methyl sites for hydroxylation is 1. The first-order chi connectivity index (χ1) is 9.13. The molecule has 1 N–H and O–H groups in total. The average molecular weight is 282 g/mol. The maximum Gasteiger partial charge on any atom is 0.254 e. The molecule has 0 radical (unpaired) electrons. The number of halogens is 1. The number of nitrogens with zero attached hydrogens (tertiary/aromatic N) is 1. The van der Waals surface area contributed by atoms with Crippen LogP contribution < -0.4 is 0 Å². The Hall–Kier alpha value is -1.06. The molecule has 1 aliphatic rings. The predicted molar refractivity (Wildman–Crippen MR) is 76.6 cm³/mol. The van der Waals surface area contributed by atoms with Gasteiger partial charge in [-0.3, -0.25) is 4.79 Å². The Balaban J connectivity index is 2.15. The van der Waals surface area contributed by atoms with Gasteiger partial charge in [-0.05, 0) is 56.4 Å². The van der Waals surface area contributed by atoms with E-state index in [1.807, 2.05) is 17.9 Å². The number of carbonyl (C=O) groups excluding carboxylic acids is 1. The van der Waals surface area contributed by atoms with E-state index in [0.29, 0.717) is 29.6 Å². The Kier molecular flexibility index (Phi) is 4.83. The van der Waals surface area contributed by atoms with Crippen LogP contribution in [0.2, 0.25) is 5.02 Å². The van der Waals surface area contributed by atoms with Crippen molar-refractivity contribution in [3.05, 3.63) is 34.3 Å². The molecule has 0 heterocycles. The van der Waals surface area contributed by atoms with Gasteiger partial charge in [-0.2, -0.15) is 0 Å². The zero-order chi connectivity index (χ0) is 13.8. The fraction of sp³-hybridized carbons (Fsp3) is 0.533. The first kappa shape index (κ1) is 14.4. The van der Waals surface area contributed by atoms with Gasteiger partial charge in [0, 0.05) is 29.8 Å². The third-order valence-electron chi connectivity index (χ3n) is 3.74. The van der Waals surface area contributed by atoms with Crippen LogP contribution >= 0.6 is 11.6 Å². The Morgan fingerprint density at radius 2 is 2.21 bits per heavy atom. The van der Waals surface area contributed by atoms with Crippen molar-refractivity contribution in [2.45, 2.75) is 38.6 Å². The highest BCUT2D eigenvalue weighted by Crippen LogP contribution is 2.27. The Morgan fingerprint density at radius 1 is 1.47 bits per heavy atom. The van der Waals surface area contributed by atoms with E-state index in [1.165, 1.54) is 6.42 Å². The highest BCUT2D eigenvalue weighted by Gasteiger charge is 2.29. The number of benzene rings is 1. The standard InChI is InChI=1S/C15H20ClNO2/c1-11-10-12(6-7-14(11)16)15(19)17(8-3-9-18)13-4-2-5-13/h6-7,10,13,18H,2-5,8-9H2,1H3. The summed E-state index contributed by atoms with van der Waals surface area (Å²) >= 11 is 5.99. The number of hydrogen-bond acceptors (Lipinski definition) is 2. The van der Waals surface area contributed by atoms with Crippen LogP contribution in [0, 0.1) is 6.92 Å². The van der Waals surface area contributed by atoms with Crippen LogP contribution in [0.4, 0.5) is 0 Å². The summed E-state index contributed by atoms with van der Waals surface area (Å²) in [5, 5.41) is 9.65. The van der Waals surface area contributed by atoms with Crippen molar-refractivity contribution >= 4 is 17.5 Å². The molecule has 0 unspecified atom stereocenters. The van der Waals surface area contributed by atoms with Gasteiger partial charge in [-0.15, -0.1) is 0 Å². The van der Waals surface area contributed by atoms with Crippen molar-refractivity contribution in [1.82, 2.24) is 4.90 Å². The minimum Gasteiger partial charge on any atom is -0.396 e. The molecule has 1 aromatic rings. The number of hydrogen-bond donors (Lipinski definition) is 1. The molecule has 3 nitrogen and oxygen atoms in total. The lowest BCUT2D eigenvalue weighted by Crippen LogP contribution is -2.45. The molecule has 4 heteroatoms. The van der Waals surface area contributed by atoms with Gasteiger partial charge in [0.25, 0.3) is 5.91 Å². The summed E-state index contributed by atoms with van der Waals surface area (Å²) in [5.41, 5.74) is 1.61. The molecular weight excluding hydrogens is 262 g/mol. The van der Waals surface area contributed by atoms with E-state index in [0.717, 1.165) is 18.4 Å². The highest BCUT2D eigenvalue weighted by molar-refractivity contribution is 6.31. The van der Waals surface area contributed by atoms with Gasteiger partial charge >= 0.3 is 0 Å². The fourth-order valence-corrected chi connectivity index (χ4v) is 2.45. The van der Waals surface area contributed by atoms with E-state index in [1.54, 1.807) is 12.1 Å². The smallest absolute Gasteiger partial charge is 0.254 e. The van der Waals surface area contributed by atoms with Gasteiger partial charge in [-0.1, -0.05) is 11.6 Å². The maximum atomic E-state index is 12.5. The topological polar surface area (TPSA) is 40.5 Å². The molecule has 0 atom stereocenters. The molecule has 19 heavy (non-hydrogen) atoms. The van der Waals surface area contributed by atoms with Gasteiger partial charge < -0.3 is 10.0 Å². The van der Waals surface area contributed by atoms with Crippen LogP contribution in [0.3, 0.4) is 0 Å². The molecule has 1 amide bonds. The molecule has 0 saturated heterocycles. The van der Waals surface area contributed by atoms with Crippen LogP contribution in [-0.2, 0) is 0 Å². The van der Waals surface area contributed by atoms with Crippen LogP contribution in [0.1, 0.15) is 41.6 Å². The van der Waals surface area contributed by atoms with Gasteiger partial charge in [0.2, 0.25) is 0 Å². The van der Waals surface area contributed by atoms with Crippen molar-refractivity contribution in [3.8, 4) is 0 Å². The molecule has 0 aromatic heterocycles. The van der Waals surface area contributed by atoms with Gasteiger partial charge in [0.1, 0.15) is 0 Å². The lowest BCUT2D eigenvalue weighted by atomic mass is 9.90.